The van der Waals surface area contributed by atoms with Gasteiger partial charge in [-0.25, -0.2) is 0 Å². The summed E-state index contributed by atoms with van der Waals surface area (Å²) >= 11 is 0. The number of unbranched alkanes of at least 4 members (excludes halogenated alkanes) is 14. The Balaban J connectivity index is 2.33. The number of nitrogens with one attached hydrogen (secondary N) is 1. The molecule has 1 saturated heterocycles. The second-order valence-electron chi connectivity index (χ2n) is 12.0. The number of carbonyl (C=O) groups excluding carboxylic acids is 1. The van der Waals surface area contributed by atoms with Crippen LogP contribution in [0.25, 0.3) is 0 Å². The van der Waals surface area contributed by atoms with Crippen molar-refractivity contribution in [2.45, 2.75) is 172 Å². The van der Waals surface area contributed by atoms with Crippen LogP contribution in [0.4, 0.5) is 0 Å². The van der Waals surface area contributed by atoms with Crippen LogP contribution in [0.5, 0.6) is 0 Å². The number of hydrogen-bond donors (Lipinski definition) is 6. The van der Waals surface area contributed by atoms with Gasteiger partial charge in [-0.15, -0.1) is 0 Å². The zero-order valence-corrected chi connectivity index (χ0v) is 27.0. The summed E-state index contributed by atoms with van der Waals surface area (Å²) in [5.74, 6) is -0.225. The van der Waals surface area contributed by atoms with Gasteiger partial charge in [-0.2, -0.15) is 0 Å². The molecule has 1 fully saturated rings. The lowest BCUT2D eigenvalue weighted by molar-refractivity contribution is -0.302. The van der Waals surface area contributed by atoms with E-state index in [1.54, 1.807) is 6.08 Å². The molecule has 1 aliphatic heterocycles. The van der Waals surface area contributed by atoms with Gasteiger partial charge in [0.2, 0.25) is 5.91 Å². The molecule has 7 atom stereocenters. The topological polar surface area (TPSA) is 149 Å². The molecule has 1 heterocycles. The van der Waals surface area contributed by atoms with Crippen LogP contribution in [0.1, 0.15) is 129 Å². The molecule has 0 aliphatic carbocycles. The monoisotopic (exact) mass is 613 g/mol. The predicted molar refractivity (Wildman–Crippen MR) is 170 cm³/mol. The van der Waals surface area contributed by atoms with Crippen LogP contribution in [0.2, 0.25) is 0 Å². The molecule has 0 bridgehead atoms. The molecule has 0 spiro atoms. The molecule has 43 heavy (non-hydrogen) atoms. The van der Waals surface area contributed by atoms with Crippen LogP contribution in [0.15, 0.2) is 24.3 Å². The molecule has 7 unspecified atom stereocenters. The Bertz CT molecular complexity index is 731. The average molecular weight is 614 g/mol. The van der Waals surface area contributed by atoms with Crippen molar-refractivity contribution in [3.63, 3.8) is 0 Å². The Morgan fingerprint density at radius 1 is 0.767 bits per heavy atom. The van der Waals surface area contributed by atoms with Gasteiger partial charge >= 0.3 is 0 Å². The largest absolute Gasteiger partial charge is 0.394 e. The number of carbonyl (C=O) groups is 1. The molecule has 0 aromatic heterocycles. The summed E-state index contributed by atoms with van der Waals surface area (Å²) in [6.45, 7) is 3.47. The van der Waals surface area contributed by atoms with Crippen molar-refractivity contribution in [1.82, 2.24) is 5.32 Å². The molecule has 0 aromatic carbocycles. The van der Waals surface area contributed by atoms with Crippen LogP contribution in [-0.4, -0.2) is 87.5 Å². The summed E-state index contributed by atoms with van der Waals surface area (Å²) in [4.78, 5) is 12.4. The molecule has 9 nitrogen and oxygen atoms in total. The fourth-order valence-corrected chi connectivity index (χ4v) is 5.15. The highest BCUT2D eigenvalue weighted by Gasteiger charge is 2.44. The quantitative estimate of drug-likeness (QED) is 0.0601. The number of rotatable bonds is 26. The van der Waals surface area contributed by atoms with Crippen molar-refractivity contribution in [2.24, 2.45) is 0 Å². The first-order valence-corrected chi connectivity index (χ1v) is 17.1. The van der Waals surface area contributed by atoms with E-state index in [4.69, 9.17) is 9.47 Å². The lowest BCUT2D eigenvalue weighted by Gasteiger charge is -2.40. The SMILES string of the molecule is CCCCCCCCCCCCCC/C=C/CC/C=C/C(O)C(COC1OC(CO)C(O)C(O)C1O)NC(=O)CCCC. The minimum absolute atomic E-state index is 0.203. The first-order chi connectivity index (χ1) is 20.8. The van der Waals surface area contributed by atoms with Gasteiger partial charge in [0.25, 0.3) is 0 Å². The molecule has 1 amide bonds. The summed E-state index contributed by atoms with van der Waals surface area (Å²) in [5, 5.41) is 53.1. The van der Waals surface area contributed by atoms with E-state index in [-0.39, 0.29) is 12.5 Å². The van der Waals surface area contributed by atoms with E-state index in [2.05, 4.69) is 24.4 Å². The Kier molecular flexibility index (Phi) is 23.9. The van der Waals surface area contributed by atoms with E-state index in [1.807, 2.05) is 13.0 Å². The van der Waals surface area contributed by atoms with Gasteiger partial charge < -0.3 is 40.3 Å². The van der Waals surface area contributed by atoms with Crippen LogP contribution < -0.4 is 5.32 Å². The third-order valence-electron chi connectivity index (χ3n) is 8.03. The summed E-state index contributed by atoms with van der Waals surface area (Å²) in [7, 11) is 0. The van der Waals surface area contributed by atoms with Crippen LogP contribution >= 0.6 is 0 Å². The maximum absolute atomic E-state index is 12.4. The standard InChI is InChI=1S/C34H63NO8/c1-3-5-7-8-9-10-11-12-13-14-15-16-17-18-19-20-21-22-23-28(37)27(35-30(38)24-6-4-2)26-42-34-33(41)32(40)31(39)29(25-36)43-34/h18-19,22-23,27-29,31-34,36-37,39-41H,3-17,20-21,24-26H2,1-2H3,(H,35,38)/b19-18+,23-22+. The normalized spacial score (nSPS) is 24.1. The maximum atomic E-state index is 12.4. The average Bonchev–Trinajstić information content (AvgIpc) is 3.00. The first-order valence-electron chi connectivity index (χ1n) is 17.1. The second kappa shape index (κ2) is 25.9. The Hall–Kier alpha value is -1.33. The highest BCUT2D eigenvalue weighted by Crippen LogP contribution is 2.22. The highest BCUT2D eigenvalue weighted by molar-refractivity contribution is 5.76. The fraction of sp³-hybridized carbons (Fsp3) is 0.853. The predicted octanol–water partition coefficient (Wildman–Crippen LogP) is 4.82. The minimum atomic E-state index is -1.56. The summed E-state index contributed by atoms with van der Waals surface area (Å²) in [5.41, 5.74) is 0. The number of amides is 1. The molecule has 1 rings (SSSR count). The van der Waals surface area contributed by atoms with E-state index in [0.717, 1.165) is 25.7 Å². The van der Waals surface area contributed by atoms with Crippen molar-refractivity contribution in [3.8, 4) is 0 Å². The molecule has 252 valence electrons. The summed E-state index contributed by atoms with van der Waals surface area (Å²) in [6.07, 6.45) is 20.6. The van der Waals surface area contributed by atoms with Gasteiger partial charge in [0.1, 0.15) is 24.4 Å². The Morgan fingerprint density at radius 2 is 1.33 bits per heavy atom. The highest BCUT2D eigenvalue weighted by atomic mass is 16.7. The van der Waals surface area contributed by atoms with Gasteiger partial charge in [-0.05, 0) is 32.1 Å². The van der Waals surface area contributed by atoms with Crippen LogP contribution in [0, 0.1) is 0 Å². The number of aliphatic hydroxyl groups excluding tert-OH is 5. The van der Waals surface area contributed by atoms with Crippen LogP contribution in [0.3, 0.4) is 0 Å². The van der Waals surface area contributed by atoms with Gasteiger partial charge in [-0.1, -0.05) is 115 Å². The third-order valence-corrected chi connectivity index (χ3v) is 8.03. The van der Waals surface area contributed by atoms with E-state index < -0.39 is 49.5 Å². The van der Waals surface area contributed by atoms with Crippen molar-refractivity contribution < 1.29 is 39.8 Å². The summed E-state index contributed by atoms with van der Waals surface area (Å²) in [6, 6.07) is -0.811. The van der Waals surface area contributed by atoms with Crippen molar-refractivity contribution >= 4 is 5.91 Å². The molecule has 0 saturated carbocycles. The molecule has 1 aliphatic rings. The molecular weight excluding hydrogens is 550 g/mol. The molecule has 0 aromatic rings. The molecule has 6 N–H and O–H groups in total. The smallest absolute Gasteiger partial charge is 0.220 e. The first kappa shape index (κ1) is 39.7. The number of hydrogen-bond acceptors (Lipinski definition) is 8. The van der Waals surface area contributed by atoms with Crippen molar-refractivity contribution in [3.05, 3.63) is 24.3 Å². The number of allylic oxidation sites excluding steroid dienone is 3. The second-order valence-corrected chi connectivity index (χ2v) is 12.0. The number of ether oxygens (including phenoxy) is 2. The maximum Gasteiger partial charge on any atom is 0.220 e. The van der Waals surface area contributed by atoms with Crippen molar-refractivity contribution in [1.29, 1.82) is 0 Å². The van der Waals surface area contributed by atoms with E-state index in [0.29, 0.717) is 12.8 Å². The fourth-order valence-electron chi connectivity index (χ4n) is 5.15. The summed E-state index contributed by atoms with van der Waals surface area (Å²) < 4.78 is 11.0. The van der Waals surface area contributed by atoms with E-state index in [1.165, 1.54) is 77.0 Å². The molecule has 0 radical (unpaired) electrons. The van der Waals surface area contributed by atoms with Crippen molar-refractivity contribution in [2.75, 3.05) is 13.2 Å². The Labute approximate surface area is 260 Å². The van der Waals surface area contributed by atoms with E-state index in [9.17, 15) is 30.3 Å². The lowest BCUT2D eigenvalue weighted by atomic mass is 9.99. The lowest BCUT2D eigenvalue weighted by Crippen LogP contribution is -2.60. The molecule has 9 heteroatoms. The third kappa shape index (κ3) is 18.3. The zero-order chi connectivity index (χ0) is 31.7. The van der Waals surface area contributed by atoms with Gasteiger partial charge in [0.15, 0.2) is 6.29 Å². The van der Waals surface area contributed by atoms with E-state index >= 15 is 0 Å². The van der Waals surface area contributed by atoms with Gasteiger partial charge in [0, 0.05) is 6.42 Å². The minimum Gasteiger partial charge on any atom is -0.394 e. The van der Waals surface area contributed by atoms with Gasteiger partial charge in [-0.3, -0.25) is 4.79 Å². The Morgan fingerprint density at radius 3 is 1.93 bits per heavy atom. The van der Waals surface area contributed by atoms with Crippen LogP contribution in [-0.2, 0) is 14.3 Å². The zero-order valence-electron chi connectivity index (χ0n) is 27.0. The molecular formula is C34H63NO8. The van der Waals surface area contributed by atoms with Gasteiger partial charge in [0.05, 0.1) is 25.4 Å². The number of aliphatic hydroxyl groups is 5.